The Bertz CT molecular complexity index is 937. The van der Waals surface area contributed by atoms with Gasteiger partial charge in [0.25, 0.3) is 0 Å². The first-order chi connectivity index (χ1) is 12.2. The maximum Gasteiger partial charge on any atom is 0.141 e. The van der Waals surface area contributed by atoms with Crippen LogP contribution in [0.15, 0.2) is 66.9 Å². The third-order valence-electron chi connectivity index (χ3n) is 4.11. The zero-order valence-corrected chi connectivity index (χ0v) is 14.1. The van der Waals surface area contributed by atoms with E-state index in [0.717, 1.165) is 27.9 Å². The van der Waals surface area contributed by atoms with E-state index in [4.69, 9.17) is 5.26 Å². The zero-order chi connectivity index (χ0) is 17.6. The van der Waals surface area contributed by atoms with Gasteiger partial charge >= 0.3 is 0 Å². The van der Waals surface area contributed by atoms with Crippen LogP contribution in [-0.4, -0.2) is 10.8 Å². The molecule has 0 spiro atoms. The van der Waals surface area contributed by atoms with Crippen molar-refractivity contribution in [3.8, 4) is 17.2 Å². The summed E-state index contributed by atoms with van der Waals surface area (Å²) >= 11 is 0. The van der Waals surface area contributed by atoms with Crippen LogP contribution in [0, 0.1) is 18.3 Å². The van der Waals surface area contributed by atoms with E-state index in [0.29, 0.717) is 12.0 Å². The lowest BCUT2D eigenvalue weighted by Crippen LogP contribution is -2.07. The van der Waals surface area contributed by atoms with Gasteiger partial charge in [0.05, 0.1) is 11.6 Å². The van der Waals surface area contributed by atoms with Gasteiger partial charge in [-0.2, -0.15) is 5.26 Å². The van der Waals surface area contributed by atoms with Crippen LogP contribution >= 0.6 is 0 Å². The molecule has 3 nitrogen and oxygen atoms in total. The van der Waals surface area contributed by atoms with E-state index in [9.17, 15) is 4.79 Å². The number of aromatic nitrogens is 1. The number of aryl methyl sites for hydroxylation is 1. The number of benzene rings is 2. The van der Waals surface area contributed by atoms with Crippen LogP contribution in [0.1, 0.15) is 22.4 Å². The molecule has 3 aromatic rings. The Morgan fingerprint density at radius 1 is 1.00 bits per heavy atom. The van der Waals surface area contributed by atoms with Crippen molar-refractivity contribution in [2.75, 3.05) is 0 Å². The fourth-order valence-corrected chi connectivity index (χ4v) is 2.83. The molecule has 25 heavy (non-hydrogen) atoms. The number of carbonyl (C=O) groups is 1. The number of ketones is 1. The van der Waals surface area contributed by atoms with Crippen molar-refractivity contribution in [1.29, 1.82) is 5.26 Å². The number of hydrogen-bond acceptors (Lipinski definition) is 3. The molecule has 0 unspecified atom stereocenters. The van der Waals surface area contributed by atoms with Gasteiger partial charge in [0, 0.05) is 24.7 Å². The van der Waals surface area contributed by atoms with Crippen molar-refractivity contribution in [2.24, 2.45) is 0 Å². The predicted octanol–water partition coefficient (Wildman–Crippen LogP) is 4.28. The van der Waals surface area contributed by atoms with Crippen molar-refractivity contribution >= 4 is 5.78 Å². The number of hydrogen-bond donors (Lipinski definition) is 0. The molecule has 0 N–H and O–H groups in total. The van der Waals surface area contributed by atoms with Crippen LogP contribution in [0.3, 0.4) is 0 Å². The van der Waals surface area contributed by atoms with E-state index >= 15 is 0 Å². The van der Waals surface area contributed by atoms with Gasteiger partial charge in [-0.25, -0.2) is 0 Å². The normalized spacial score (nSPS) is 10.2. The van der Waals surface area contributed by atoms with Gasteiger partial charge in [0.15, 0.2) is 0 Å². The number of carbonyl (C=O) groups excluding carboxylic acids is 1. The largest absolute Gasteiger partial charge is 0.299 e. The van der Waals surface area contributed by atoms with E-state index in [1.54, 1.807) is 12.3 Å². The summed E-state index contributed by atoms with van der Waals surface area (Å²) in [4.78, 5) is 16.5. The van der Waals surface area contributed by atoms with Crippen LogP contribution in [-0.2, 0) is 17.6 Å². The number of pyridine rings is 1. The second kappa shape index (κ2) is 7.55. The van der Waals surface area contributed by atoms with E-state index in [1.807, 2.05) is 61.5 Å². The van der Waals surface area contributed by atoms with E-state index in [1.165, 1.54) is 0 Å². The molecule has 0 aliphatic heterocycles. The van der Waals surface area contributed by atoms with Crippen LogP contribution in [0.4, 0.5) is 0 Å². The standard InChI is InChI=1S/C22H18N2O/c1-16-12-20(10-11-24-16)18-8-6-17(7-9-18)13-22(25)14-19-4-2-3-5-21(19)15-23/h2-12H,13-14H2,1H3. The molecule has 0 fully saturated rings. The van der Waals surface area contributed by atoms with Crippen molar-refractivity contribution in [1.82, 2.24) is 4.98 Å². The molecule has 1 aromatic heterocycles. The first-order valence-corrected chi connectivity index (χ1v) is 8.17. The molecule has 3 heteroatoms. The van der Waals surface area contributed by atoms with Gasteiger partial charge in [-0.1, -0.05) is 42.5 Å². The average molecular weight is 326 g/mol. The van der Waals surface area contributed by atoms with Crippen LogP contribution in [0.2, 0.25) is 0 Å². The Labute approximate surface area is 147 Å². The molecule has 0 saturated heterocycles. The second-order valence-corrected chi connectivity index (χ2v) is 6.04. The molecule has 0 bridgehead atoms. The summed E-state index contributed by atoms with van der Waals surface area (Å²) in [6.45, 7) is 1.97. The molecule has 0 saturated carbocycles. The van der Waals surface area contributed by atoms with Gasteiger partial charge in [-0.05, 0) is 47.4 Å². The van der Waals surface area contributed by atoms with Crippen LogP contribution < -0.4 is 0 Å². The Kier molecular flexibility index (Phi) is 5.01. The third-order valence-corrected chi connectivity index (χ3v) is 4.11. The van der Waals surface area contributed by atoms with Crippen molar-refractivity contribution < 1.29 is 4.79 Å². The summed E-state index contributed by atoms with van der Waals surface area (Å²) in [5.74, 6) is 0.107. The van der Waals surface area contributed by atoms with E-state index in [-0.39, 0.29) is 12.2 Å². The predicted molar refractivity (Wildman–Crippen MR) is 98.0 cm³/mol. The SMILES string of the molecule is Cc1cc(-c2ccc(CC(=O)Cc3ccccc3C#N)cc2)ccn1. The minimum atomic E-state index is 0.107. The van der Waals surface area contributed by atoms with Crippen molar-refractivity contribution in [2.45, 2.75) is 19.8 Å². The summed E-state index contributed by atoms with van der Waals surface area (Å²) in [5, 5.41) is 9.11. The number of rotatable bonds is 5. The van der Waals surface area contributed by atoms with Crippen molar-refractivity contribution in [3.05, 3.63) is 89.2 Å². The van der Waals surface area contributed by atoms with E-state index in [2.05, 4.69) is 11.1 Å². The van der Waals surface area contributed by atoms with Gasteiger partial charge in [-0.3, -0.25) is 9.78 Å². The molecule has 0 aliphatic carbocycles. The Morgan fingerprint density at radius 2 is 1.76 bits per heavy atom. The lowest BCUT2D eigenvalue weighted by atomic mass is 9.98. The van der Waals surface area contributed by atoms with E-state index < -0.39 is 0 Å². The smallest absolute Gasteiger partial charge is 0.141 e. The maximum atomic E-state index is 12.3. The number of Topliss-reactive ketones (excluding diaryl/α,β-unsaturated/α-hetero) is 1. The van der Waals surface area contributed by atoms with Crippen LogP contribution in [0.25, 0.3) is 11.1 Å². The first kappa shape index (κ1) is 16.6. The molecular weight excluding hydrogens is 308 g/mol. The molecule has 2 aromatic carbocycles. The third kappa shape index (κ3) is 4.19. The highest BCUT2D eigenvalue weighted by Gasteiger charge is 2.09. The number of nitriles is 1. The first-order valence-electron chi connectivity index (χ1n) is 8.17. The molecule has 0 aliphatic rings. The monoisotopic (exact) mass is 326 g/mol. The summed E-state index contributed by atoms with van der Waals surface area (Å²) in [5.41, 5.74) is 5.55. The zero-order valence-electron chi connectivity index (χ0n) is 14.1. The fraction of sp³-hybridized carbons (Fsp3) is 0.136. The minimum Gasteiger partial charge on any atom is -0.299 e. The highest BCUT2D eigenvalue weighted by atomic mass is 16.1. The lowest BCUT2D eigenvalue weighted by Gasteiger charge is -2.06. The van der Waals surface area contributed by atoms with Crippen molar-refractivity contribution in [3.63, 3.8) is 0 Å². The molecular formula is C22H18N2O. The Morgan fingerprint density at radius 3 is 2.48 bits per heavy atom. The summed E-state index contributed by atoms with van der Waals surface area (Å²) in [6, 6.07) is 21.4. The topological polar surface area (TPSA) is 53.8 Å². The lowest BCUT2D eigenvalue weighted by molar-refractivity contribution is -0.117. The molecule has 0 radical (unpaired) electrons. The quantitative estimate of drug-likeness (QED) is 0.703. The second-order valence-electron chi connectivity index (χ2n) is 6.04. The summed E-state index contributed by atoms with van der Waals surface area (Å²) in [7, 11) is 0. The van der Waals surface area contributed by atoms with Crippen LogP contribution in [0.5, 0.6) is 0 Å². The number of nitrogens with zero attached hydrogens (tertiary/aromatic N) is 2. The molecule has 1 heterocycles. The highest BCUT2D eigenvalue weighted by molar-refractivity contribution is 5.83. The summed E-state index contributed by atoms with van der Waals surface area (Å²) < 4.78 is 0. The van der Waals surface area contributed by atoms with Gasteiger partial charge in [-0.15, -0.1) is 0 Å². The Hall–Kier alpha value is -3.25. The highest BCUT2D eigenvalue weighted by Crippen LogP contribution is 2.20. The Balaban J connectivity index is 1.69. The molecule has 0 atom stereocenters. The molecule has 3 rings (SSSR count). The minimum absolute atomic E-state index is 0.107. The maximum absolute atomic E-state index is 12.3. The fourth-order valence-electron chi connectivity index (χ4n) is 2.83. The molecule has 122 valence electrons. The molecule has 0 amide bonds. The van der Waals surface area contributed by atoms with Gasteiger partial charge in [0.2, 0.25) is 0 Å². The van der Waals surface area contributed by atoms with Gasteiger partial charge in [0.1, 0.15) is 5.78 Å². The van der Waals surface area contributed by atoms with Gasteiger partial charge < -0.3 is 0 Å². The summed E-state index contributed by atoms with van der Waals surface area (Å²) in [6.07, 6.45) is 2.46. The average Bonchev–Trinajstić information content (AvgIpc) is 2.63.